The van der Waals surface area contributed by atoms with Gasteiger partial charge in [0.05, 0.1) is 11.5 Å². The molecule has 7 nitrogen and oxygen atoms in total. The molecule has 0 radical (unpaired) electrons. The standard InChI is InChI=1S/C15H13N3O4/c19-9-13-14(10-1-3-12(4-2-10)18(20)21)22-15(17-13)11-5-7-16-8-6-11/h1-8,13-14,19H,9H2. The first kappa shape index (κ1) is 14.2. The summed E-state index contributed by atoms with van der Waals surface area (Å²) in [7, 11) is 0. The Kier molecular flexibility index (Phi) is 3.80. The van der Waals surface area contributed by atoms with Gasteiger partial charge in [0.1, 0.15) is 6.04 Å². The highest BCUT2D eigenvalue weighted by Gasteiger charge is 2.32. The van der Waals surface area contributed by atoms with E-state index in [9.17, 15) is 15.2 Å². The molecule has 0 fully saturated rings. The van der Waals surface area contributed by atoms with Crippen LogP contribution in [0.5, 0.6) is 0 Å². The first-order chi connectivity index (χ1) is 10.7. The van der Waals surface area contributed by atoms with Gasteiger partial charge in [0.15, 0.2) is 6.10 Å². The van der Waals surface area contributed by atoms with Crippen LogP contribution in [0.4, 0.5) is 5.69 Å². The minimum atomic E-state index is -0.464. The molecule has 1 aromatic heterocycles. The molecule has 0 spiro atoms. The number of nitro groups is 1. The number of ether oxygens (including phenoxy) is 1. The summed E-state index contributed by atoms with van der Waals surface area (Å²) in [5, 5.41) is 20.2. The third-order valence-corrected chi connectivity index (χ3v) is 3.42. The van der Waals surface area contributed by atoms with Crippen LogP contribution in [-0.4, -0.2) is 33.6 Å². The van der Waals surface area contributed by atoms with Crippen LogP contribution in [0.25, 0.3) is 0 Å². The number of aliphatic hydroxyl groups is 1. The molecule has 2 unspecified atom stereocenters. The molecule has 7 heteroatoms. The van der Waals surface area contributed by atoms with Crippen LogP contribution in [0, 0.1) is 10.1 Å². The first-order valence-corrected chi connectivity index (χ1v) is 6.69. The van der Waals surface area contributed by atoms with Crippen molar-refractivity contribution >= 4 is 11.6 Å². The lowest BCUT2D eigenvalue weighted by atomic mass is 10.0. The molecule has 1 aliphatic heterocycles. The van der Waals surface area contributed by atoms with Gasteiger partial charge in [-0.05, 0) is 29.8 Å². The number of benzene rings is 1. The number of non-ortho nitro benzene ring substituents is 1. The van der Waals surface area contributed by atoms with Crippen molar-refractivity contribution in [2.24, 2.45) is 4.99 Å². The van der Waals surface area contributed by atoms with E-state index in [1.54, 1.807) is 36.7 Å². The molecule has 1 aromatic carbocycles. The maximum absolute atomic E-state index is 10.7. The minimum absolute atomic E-state index is 0.0116. The van der Waals surface area contributed by atoms with Crippen molar-refractivity contribution in [3.05, 3.63) is 70.0 Å². The smallest absolute Gasteiger partial charge is 0.269 e. The molecule has 0 aliphatic carbocycles. The Balaban J connectivity index is 1.85. The topological polar surface area (TPSA) is 97.9 Å². The van der Waals surface area contributed by atoms with Gasteiger partial charge in [0, 0.05) is 30.1 Å². The molecule has 2 aromatic rings. The Hall–Kier alpha value is -2.80. The largest absolute Gasteiger partial charge is 0.467 e. The fourth-order valence-corrected chi connectivity index (χ4v) is 2.30. The van der Waals surface area contributed by atoms with Crippen molar-refractivity contribution in [2.45, 2.75) is 12.1 Å². The predicted molar refractivity (Wildman–Crippen MR) is 78.6 cm³/mol. The summed E-state index contributed by atoms with van der Waals surface area (Å²) in [6.07, 6.45) is 2.80. The maximum Gasteiger partial charge on any atom is 0.269 e. The molecule has 112 valence electrons. The zero-order chi connectivity index (χ0) is 15.5. The fraction of sp³-hybridized carbons (Fsp3) is 0.200. The van der Waals surface area contributed by atoms with Crippen LogP contribution in [0.2, 0.25) is 0 Å². The van der Waals surface area contributed by atoms with Crippen LogP contribution in [-0.2, 0) is 4.74 Å². The Labute approximate surface area is 126 Å². The highest BCUT2D eigenvalue weighted by molar-refractivity contribution is 5.95. The van der Waals surface area contributed by atoms with Crippen LogP contribution in [0.1, 0.15) is 17.2 Å². The Morgan fingerprint density at radius 1 is 1.18 bits per heavy atom. The number of nitro benzene ring substituents is 1. The summed E-state index contributed by atoms with van der Waals surface area (Å²) >= 11 is 0. The first-order valence-electron chi connectivity index (χ1n) is 6.69. The molecule has 1 N–H and O–H groups in total. The third kappa shape index (κ3) is 2.66. The van der Waals surface area contributed by atoms with Gasteiger partial charge in [-0.3, -0.25) is 15.1 Å². The van der Waals surface area contributed by atoms with E-state index < -0.39 is 17.1 Å². The number of rotatable bonds is 4. The van der Waals surface area contributed by atoms with E-state index in [-0.39, 0.29) is 12.3 Å². The van der Waals surface area contributed by atoms with Gasteiger partial charge >= 0.3 is 0 Å². The second kappa shape index (κ2) is 5.90. The molecular formula is C15H13N3O4. The molecule has 2 atom stereocenters. The molecule has 0 saturated carbocycles. The SMILES string of the molecule is O=[N+]([O-])c1ccc(C2OC(c3ccncc3)=NC2CO)cc1. The van der Waals surface area contributed by atoms with Gasteiger partial charge in [-0.1, -0.05) is 0 Å². The predicted octanol–water partition coefficient (Wildman–Crippen LogP) is 1.87. The van der Waals surface area contributed by atoms with Crippen LogP contribution < -0.4 is 0 Å². The van der Waals surface area contributed by atoms with Crippen molar-refractivity contribution in [1.82, 2.24) is 4.98 Å². The number of aliphatic hydroxyl groups excluding tert-OH is 1. The molecule has 0 amide bonds. The summed E-state index contributed by atoms with van der Waals surface area (Å²) in [6, 6.07) is 9.17. The fourth-order valence-electron chi connectivity index (χ4n) is 2.30. The number of nitrogens with zero attached hydrogens (tertiary/aromatic N) is 3. The molecule has 1 aliphatic rings. The lowest BCUT2D eigenvalue weighted by Crippen LogP contribution is -2.18. The highest BCUT2D eigenvalue weighted by atomic mass is 16.6. The van der Waals surface area contributed by atoms with Gasteiger partial charge in [-0.15, -0.1) is 0 Å². The molecule has 3 rings (SSSR count). The minimum Gasteiger partial charge on any atom is -0.467 e. The van der Waals surface area contributed by atoms with Crippen LogP contribution >= 0.6 is 0 Å². The van der Waals surface area contributed by atoms with Gasteiger partial charge in [0.2, 0.25) is 5.90 Å². The number of hydrogen-bond donors (Lipinski definition) is 1. The van der Waals surface area contributed by atoms with Crippen molar-refractivity contribution in [1.29, 1.82) is 0 Å². The van der Waals surface area contributed by atoms with Crippen LogP contribution in [0.3, 0.4) is 0 Å². The van der Waals surface area contributed by atoms with Gasteiger partial charge in [-0.25, -0.2) is 4.99 Å². The summed E-state index contributed by atoms with van der Waals surface area (Å²) in [5.41, 5.74) is 1.52. The average molecular weight is 299 g/mol. The Morgan fingerprint density at radius 3 is 2.45 bits per heavy atom. The maximum atomic E-state index is 10.7. The molecular weight excluding hydrogens is 286 g/mol. The molecule has 22 heavy (non-hydrogen) atoms. The monoisotopic (exact) mass is 299 g/mol. The van der Waals surface area contributed by atoms with Crippen LogP contribution in [0.15, 0.2) is 53.8 Å². The van der Waals surface area contributed by atoms with E-state index in [1.165, 1.54) is 12.1 Å². The van der Waals surface area contributed by atoms with Crippen molar-refractivity contribution < 1.29 is 14.8 Å². The van der Waals surface area contributed by atoms with E-state index in [0.29, 0.717) is 5.90 Å². The Bertz CT molecular complexity index is 700. The van der Waals surface area contributed by atoms with E-state index in [1.807, 2.05) is 0 Å². The third-order valence-electron chi connectivity index (χ3n) is 3.42. The Morgan fingerprint density at radius 2 is 1.86 bits per heavy atom. The van der Waals surface area contributed by atoms with E-state index in [0.717, 1.165) is 11.1 Å². The second-order valence-electron chi connectivity index (χ2n) is 4.81. The van der Waals surface area contributed by atoms with Crippen molar-refractivity contribution in [3.63, 3.8) is 0 Å². The number of hydrogen-bond acceptors (Lipinski definition) is 6. The summed E-state index contributed by atoms with van der Waals surface area (Å²) < 4.78 is 5.83. The van der Waals surface area contributed by atoms with Gasteiger partial charge in [-0.2, -0.15) is 0 Å². The van der Waals surface area contributed by atoms with E-state index >= 15 is 0 Å². The average Bonchev–Trinajstić information content (AvgIpc) is 3.00. The lowest BCUT2D eigenvalue weighted by molar-refractivity contribution is -0.384. The molecule has 0 saturated heterocycles. The molecule has 2 heterocycles. The number of aromatic nitrogens is 1. The second-order valence-corrected chi connectivity index (χ2v) is 4.81. The van der Waals surface area contributed by atoms with E-state index in [4.69, 9.17) is 4.74 Å². The van der Waals surface area contributed by atoms with Gasteiger partial charge < -0.3 is 9.84 Å². The van der Waals surface area contributed by atoms with Gasteiger partial charge in [0.25, 0.3) is 5.69 Å². The zero-order valence-corrected chi connectivity index (χ0v) is 11.5. The van der Waals surface area contributed by atoms with E-state index in [2.05, 4.69) is 9.98 Å². The quantitative estimate of drug-likeness (QED) is 0.686. The lowest BCUT2D eigenvalue weighted by Gasteiger charge is -2.16. The van der Waals surface area contributed by atoms with Crippen molar-refractivity contribution in [3.8, 4) is 0 Å². The molecule has 0 bridgehead atoms. The highest BCUT2D eigenvalue weighted by Crippen LogP contribution is 2.31. The number of aliphatic imine (C=N–C) groups is 1. The summed E-state index contributed by atoms with van der Waals surface area (Å²) in [6.45, 7) is -0.170. The van der Waals surface area contributed by atoms with Crippen molar-refractivity contribution in [2.75, 3.05) is 6.61 Å². The normalized spacial score (nSPS) is 20.3. The summed E-state index contributed by atoms with van der Waals surface area (Å²) in [5.74, 6) is 0.435. The number of pyridine rings is 1. The summed E-state index contributed by atoms with van der Waals surface area (Å²) in [4.78, 5) is 18.6. The zero-order valence-electron chi connectivity index (χ0n) is 11.5.